The maximum atomic E-state index is 11.2. The highest BCUT2D eigenvalue weighted by atomic mass is 16.4. The molecule has 1 aliphatic heterocycles. The Morgan fingerprint density at radius 3 is 2.93 bits per heavy atom. The fourth-order valence-corrected chi connectivity index (χ4v) is 1.09. The highest BCUT2D eigenvalue weighted by Crippen LogP contribution is 2.11. The van der Waals surface area contributed by atoms with Gasteiger partial charge in [0, 0.05) is 0 Å². The molecule has 0 bridgehead atoms. The molecule has 0 radical (unpaired) electrons. The fourth-order valence-electron chi connectivity index (χ4n) is 1.09. The van der Waals surface area contributed by atoms with Crippen LogP contribution in [-0.2, 0) is 4.79 Å². The molecular formula is C6H7N5O3. The number of anilines is 1. The van der Waals surface area contributed by atoms with Crippen molar-refractivity contribution in [1.82, 2.24) is 14.9 Å². The van der Waals surface area contributed by atoms with Crippen LogP contribution in [0.25, 0.3) is 0 Å². The van der Waals surface area contributed by atoms with E-state index in [2.05, 4.69) is 20.9 Å². The van der Waals surface area contributed by atoms with E-state index in [0.29, 0.717) is 0 Å². The minimum Gasteiger partial charge on any atom is -0.475 e. The third-order valence-corrected chi connectivity index (χ3v) is 1.82. The van der Waals surface area contributed by atoms with Crippen molar-refractivity contribution in [2.45, 2.75) is 13.0 Å². The normalized spacial score (nSPS) is 19.5. The van der Waals surface area contributed by atoms with Crippen LogP contribution in [0.5, 0.6) is 0 Å². The fraction of sp³-hybridized carbons (Fsp3) is 0.333. The summed E-state index contributed by atoms with van der Waals surface area (Å²) in [5, 5.41) is 18.3. The Morgan fingerprint density at radius 1 is 1.57 bits per heavy atom. The molecule has 1 atom stereocenters. The van der Waals surface area contributed by atoms with E-state index in [1.807, 2.05) is 0 Å². The summed E-state index contributed by atoms with van der Waals surface area (Å²) in [6.45, 7) is 1.63. The predicted octanol–water partition coefficient (Wildman–Crippen LogP) is -1.14. The summed E-state index contributed by atoms with van der Waals surface area (Å²) in [5.74, 6) is -1.69. The van der Waals surface area contributed by atoms with E-state index < -0.39 is 12.0 Å². The monoisotopic (exact) mass is 197 g/mol. The molecule has 3 N–H and O–H groups in total. The molecule has 1 aromatic heterocycles. The predicted molar refractivity (Wildman–Crippen MR) is 44.4 cm³/mol. The zero-order chi connectivity index (χ0) is 10.3. The number of aromatic carboxylic acids is 1. The summed E-state index contributed by atoms with van der Waals surface area (Å²) in [6.07, 6.45) is 0. The van der Waals surface area contributed by atoms with Crippen LogP contribution in [0.1, 0.15) is 17.5 Å². The van der Waals surface area contributed by atoms with Gasteiger partial charge in [-0.2, -0.15) is 4.68 Å². The summed E-state index contributed by atoms with van der Waals surface area (Å²) in [4.78, 5) is 21.8. The first kappa shape index (κ1) is 8.48. The molecule has 8 heteroatoms. The topological polar surface area (TPSA) is 109 Å². The highest BCUT2D eigenvalue weighted by molar-refractivity contribution is 5.94. The van der Waals surface area contributed by atoms with Crippen LogP contribution < -0.4 is 10.7 Å². The number of amides is 1. The zero-order valence-electron chi connectivity index (χ0n) is 7.18. The molecule has 14 heavy (non-hydrogen) atoms. The van der Waals surface area contributed by atoms with Crippen LogP contribution in [0, 0.1) is 0 Å². The summed E-state index contributed by atoms with van der Waals surface area (Å²) in [6, 6.07) is -0.451. The van der Waals surface area contributed by atoms with Gasteiger partial charge < -0.3 is 10.4 Å². The van der Waals surface area contributed by atoms with Gasteiger partial charge in [0.15, 0.2) is 0 Å². The third-order valence-electron chi connectivity index (χ3n) is 1.82. The Hall–Kier alpha value is -2.12. The number of hydrogen-bond donors (Lipinski definition) is 3. The molecule has 1 aromatic rings. The van der Waals surface area contributed by atoms with Crippen LogP contribution in [0.15, 0.2) is 0 Å². The van der Waals surface area contributed by atoms with Crippen LogP contribution in [0.3, 0.4) is 0 Å². The molecule has 8 nitrogen and oxygen atoms in total. The zero-order valence-corrected chi connectivity index (χ0v) is 7.18. The van der Waals surface area contributed by atoms with E-state index in [-0.39, 0.29) is 17.7 Å². The third kappa shape index (κ3) is 1.08. The van der Waals surface area contributed by atoms with E-state index in [1.54, 1.807) is 6.92 Å². The number of rotatable bonds is 1. The standard InChI is InChI=1S/C6H7N5O3/c1-2-4(12)10-11-3(5(13)14)8-9-6(11)7-2/h2H,1H3,(H,7,9)(H,10,12)(H,13,14). The number of carbonyl (C=O) groups excluding carboxylic acids is 1. The Bertz CT molecular complexity index is 412. The van der Waals surface area contributed by atoms with Crippen molar-refractivity contribution < 1.29 is 14.7 Å². The Morgan fingerprint density at radius 2 is 2.29 bits per heavy atom. The van der Waals surface area contributed by atoms with Crippen molar-refractivity contribution in [1.29, 1.82) is 0 Å². The molecule has 0 saturated heterocycles. The van der Waals surface area contributed by atoms with Crippen molar-refractivity contribution in [3.05, 3.63) is 5.82 Å². The quantitative estimate of drug-likeness (QED) is 0.525. The van der Waals surface area contributed by atoms with E-state index in [0.717, 1.165) is 4.68 Å². The lowest BCUT2D eigenvalue weighted by Gasteiger charge is -2.21. The number of aromatic nitrogens is 3. The number of carbonyl (C=O) groups is 2. The summed E-state index contributed by atoms with van der Waals surface area (Å²) in [7, 11) is 0. The van der Waals surface area contributed by atoms with Gasteiger partial charge in [-0.05, 0) is 6.92 Å². The largest absolute Gasteiger partial charge is 0.475 e. The second kappa shape index (κ2) is 2.69. The van der Waals surface area contributed by atoms with Gasteiger partial charge in [-0.3, -0.25) is 10.2 Å². The number of nitrogens with one attached hydrogen (secondary N) is 2. The van der Waals surface area contributed by atoms with Crippen molar-refractivity contribution in [2.24, 2.45) is 0 Å². The Balaban J connectivity index is 2.45. The molecule has 1 aliphatic rings. The van der Waals surface area contributed by atoms with E-state index in [4.69, 9.17) is 5.11 Å². The highest BCUT2D eigenvalue weighted by Gasteiger charge is 2.27. The molecule has 1 unspecified atom stereocenters. The average Bonchev–Trinajstić information content (AvgIpc) is 2.48. The number of carboxylic acid groups (broad SMARTS) is 1. The first-order valence-electron chi connectivity index (χ1n) is 3.85. The molecule has 2 rings (SSSR count). The molecule has 0 fully saturated rings. The smallest absolute Gasteiger partial charge is 0.375 e. The lowest BCUT2D eigenvalue weighted by molar-refractivity contribution is -0.117. The summed E-state index contributed by atoms with van der Waals surface area (Å²) in [5.41, 5.74) is 2.35. The molecule has 2 heterocycles. The van der Waals surface area contributed by atoms with Gasteiger partial charge >= 0.3 is 5.97 Å². The maximum absolute atomic E-state index is 11.2. The Labute approximate surface area is 77.9 Å². The van der Waals surface area contributed by atoms with Crippen molar-refractivity contribution in [3.8, 4) is 0 Å². The van der Waals surface area contributed by atoms with E-state index >= 15 is 0 Å². The average molecular weight is 197 g/mol. The molecular weight excluding hydrogens is 190 g/mol. The molecule has 0 saturated carbocycles. The first-order chi connectivity index (χ1) is 6.59. The van der Waals surface area contributed by atoms with Gasteiger partial charge in [-0.1, -0.05) is 0 Å². The van der Waals surface area contributed by atoms with Gasteiger partial charge in [0.2, 0.25) is 5.95 Å². The van der Waals surface area contributed by atoms with Gasteiger partial charge in [-0.15, -0.1) is 10.2 Å². The number of fused-ring (bicyclic) bond motifs is 1. The minimum atomic E-state index is -1.25. The number of hydrogen-bond acceptors (Lipinski definition) is 5. The molecule has 0 aliphatic carbocycles. The number of carboxylic acids is 1. The molecule has 0 spiro atoms. The summed E-state index contributed by atoms with van der Waals surface area (Å²) < 4.78 is 1.00. The molecule has 0 aromatic carbocycles. The van der Waals surface area contributed by atoms with Crippen LogP contribution in [0.4, 0.5) is 5.95 Å². The van der Waals surface area contributed by atoms with Gasteiger partial charge in [0.05, 0.1) is 0 Å². The van der Waals surface area contributed by atoms with Crippen LogP contribution >= 0.6 is 0 Å². The lowest BCUT2D eigenvalue weighted by Crippen LogP contribution is -2.43. The van der Waals surface area contributed by atoms with Crippen molar-refractivity contribution in [3.63, 3.8) is 0 Å². The Kier molecular flexibility index (Phi) is 1.63. The van der Waals surface area contributed by atoms with Crippen LogP contribution in [0.2, 0.25) is 0 Å². The SMILES string of the molecule is CC1Nc2nnc(C(=O)O)n2NC1=O. The van der Waals surface area contributed by atoms with Gasteiger partial charge in [0.25, 0.3) is 11.7 Å². The second-order valence-corrected chi connectivity index (χ2v) is 2.83. The first-order valence-corrected chi connectivity index (χ1v) is 3.85. The minimum absolute atomic E-state index is 0.217. The van der Waals surface area contributed by atoms with E-state index in [1.165, 1.54) is 0 Å². The van der Waals surface area contributed by atoms with Crippen molar-refractivity contribution in [2.75, 3.05) is 10.7 Å². The van der Waals surface area contributed by atoms with Gasteiger partial charge in [0.1, 0.15) is 6.04 Å². The maximum Gasteiger partial charge on any atom is 0.375 e. The van der Waals surface area contributed by atoms with Gasteiger partial charge in [-0.25, -0.2) is 4.79 Å². The molecule has 1 amide bonds. The van der Waals surface area contributed by atoms with Crippen molar-refractivity contribution >= 4 is 17.8 Å². The van der Waals surface area contributed by atoms with Crippen LogP contribution in [-0.4, -0.2) is 37.9 Å². The number of nitrogens with zero attached hydrogens (tertiary/aromatic N) is 3. The lowest BCUT2D eigenvalue weighted by atomic mass is 10.3. The van der Waals surface area contributed by atoms with E-state index in [9.17, 15) is 9.59 Å². The second-order valence-electron chi connectivity index (χ2n) is 2.83. The summed E-state index contributed by atoms with van der Waals surface area (Å²) >= 11 is 0. The molecule has 74 valence electrons.